The minimum absolute atomic E-state index is 0.0874. The molecule has 5 nitrogen and oxygen atoms in total. The molecule has 7 heteroatoms. The van der Waals surface area contributed by atoms with E-state index in [0.29, 0.717) is 27.8 Å². The minimum Gasteiger partial charge on any atom is -0.484 e. The number of aryl methyl sites for hydroxylation is 1. The second-order valence-electron chi connectivity index (χ2n) is 9.47. The van der Waals surface area contributed by atoms with E-state index >= 15 is 0 Å². The van der Waals surface area contributed by atoms with E-state index in [1.807, 2.05) is 61.5 Å². The van der Waals surface area contributed by atoms with Crippen molar-refractivity contribution in [2.24, 2.45) is 0 Å². The number of carbonyl (C=O) groups is 2. The zero-order valence-electron chi connectivity index (χ0n) is 21.0. The van der Waals surface area contributed by atoms with Crippen LogP contribution in [0.5, 0.6) is 5.75 Å². The van der Waals surface area contributed by atoms with Crippen LogP contribution in [0.2, 0.25) is 10.0 Å². The first kappa shape index (κ1) is 27.0. The summed E-state index contributed by atoms with van der Waals surface area (Å²) in [6.45, 7) is 1.80. The molecule has 0 radical (unpaired) electrons. The van der Waals surface area contributed by atoms with Crippen molar-refractivity contribution in [3.05, 3.63) is 99.5 Å². The van der Waals surface area contributed by atoms with Gasteiger partial charge in [-0.05, 0) is 49.1 Å². The molecule has 1 saturated carbocycles. The van der Waals surface area contributed by atoms with Crippen molar-refractivity contribution in [1.29, 1.82) is 0 Å². The minimum atomic E-state index is -0.761. The summed E-state index contributed by atoms with van der Waals surface area (Å²) in [5, 5.41) is 4.08. The number of ether oxygens (including phenoxy) is 1. The highest BCUT2D eigenvalue weighted by Crippen LogP contribution is 2.28. The summed E-state index contributed by atoms with van der Waals surface area (Å²) >= 11 is 13.0. The summed E-state index contributed by atoms with van der Waals surface area (Å²) in [5.41, 5.74) is 2.48. The van der Waals surface area contributed by atoms with Crippen LogP contribution >= 0.6 is 23.2 Å². The molecule has 0 aliphatic heterocycles. The Balaban J connectivity index is 1.66. The second-order valence-corrected chi connectivity index (χ2v) is 10.3. The van der Waals surface area contributed by atoms with Gasteiger partial charge in [0.05, 0.1) is 0 Å². The largest absolute Gasteiger partial charge is 0.484 e. The molecular formula is C30H32Cl2N2O3. The highest BCUT2D eigenvalue weighted by Gasteiger charge is 2.33. The molecule has 194 valence electrons. The molecule has 3 aromatic carbocycles. The maximum absolute atomic E-state index is 13.8. The third-order valence-electron chi connectivity index (χ3n) is 6.81. The Bertz CT molecular complexity index is 1190. The van der Waals surface area contributed by atoms with Crippen LogP contribution in [0.4, 0.5) is 0 Å². The smallest absolute Gasteiger partial charge is 0.261 e. The number of amides is 2. The lowest BCUT2D eigenvalue weighted by atomic mass is 10.0. The van der Waals surface area contributed by atoms with Crippen molar-refractivity contribution in [2.45, 2.75) is 57.7 Å². The van der Waals surface area contributed by atoms with E-state index in [9.17, 15) is 9.59 Å². The summed E-state index contributed by atoms with van der Waals surface area (Å²) in [7, 11) is 0. The lowest BCUT2D eigenvalue weighted by Crippen LogP contribution is -2.53. The van der Waals surface area contributed by atoms with Gasteiger partial charge in [0.15, 0.2) is 6.61 Å². The van der Waals surface area contributed by atoms with Crippen molar-refractivity contribution in [2.75, 3.05) is 6.61 Å². The monoisotopic (exact) mass is 538 g/mol. The average Bonchev–Trinajstić information content (AvgIpc) is 3.40. The molecule has 0 bridgehead atoms. The fourth-order valence-electron chi connectivity index (χ4n) is 4.72. The molecule has 4 rings (SSSR count). The van der Waals surface area contributed by atoms with Crippen LogP contribution in [0.25, 0.3) is 0 Å². The van der Waals surface area contributed by atoms with Crippen molar-refractivity contribution >= 4 is 35.0 Å². The van der Waals surface area contributed by atoms with E-state index in [1.165, 1.54) is 0 Å². The molecule has 1 aliphatic carbocycles. The maximum Gasteiger partial charge on any atom is 0.261 e. The molecule has 0 aromatic heterocycles. The molecule has 0 unspecified atom stereocenters. The molecule has 0 saturated heterocycles. The number of carbonyl (C=O) groups excluding carboxylic acids is 2. The number of para-hydroxylation sites is 1. The van der Waals surface area contributed by atoms with Crippen molar-refractivity contribution in [3.63, 3.8) is 0 Å². The van der Waals surface area contributed by atoms with E-state index in [1.54, 1.807) is 23.1 Å². The van der Waals surface area contributed by atoms with Gasteiger partial charge in [-0.3, -0.25) is 9.59 Å². The van der Waals surface area contributed by atoms with Gasteiger partial charge in [-0.2, -0.15) is 0 Å². The number of nitrogens with one attached hydrogen (secondary N) is 1. The number of benzene rings is 3. The average molecular weight is 540 g/mol. The Kier molecular flexibility index (Phi) is 9.48. The molecule has 0 heterocycles. The van der Waals surface area contributed by atoms with Gasteiger partial charge in [-0.1, -0.05) is 90.6 Å². The van der Waals surface area contributed by atoms with E-state index in [2.05, 4.69) is 5.32 Å². The van der Waals surface area contributed by atoms with Crippen molar-refractivity contribution in [1.82, 2.24) is 10.2 Å². The maximum atomic E-state index is 13.8. The van der Waals surface area contributed by atoms with Crippen molar-refractivity contribution < 1.29 is 14.3 Å². The van der Waals surface area contributed by atoms with Gasteiger partial charge in [-0.25, -0.2) is 0 Å². The van der Waals surface area contributed by atoms with E-state index in [0.717, 1.165) is 36.8 Å². The Morgan fingerprint density at radius 2 is 1.59 bits per heavy atom. The standard InChI is InChI=1S/C30H32Cl2N2O3/c1-21-10-5-8-17-28(21)37-20-29(35)34(19-24-25(31)15-9-16-26(24)32)27(18-22-11-3-2-4-12-22)30(36)33-23-13-6-7-14-23/h2-5,8-12,15-17,23,27H,6-7,13-14,18-20H2,1H3,(H,33,36)/t27-/m0/s1. The molecule has 0 spiro atoms. The van der Waals surface area contributed by atoms with Crippen LogP contribution in [0.15, 0.2) is 72.8 Å². The highest BCUT2D eigenvalue weighted by molar-refractivity contribution is 6.36. The Labute approximate surface area is 228 Å². The Morgan fingerprint density at radius 3 is 2.27 bits per heavy atom. The lowest BCUT2D eigenvalue weighted by molar-refractivity contribution is -0.143. The number of hydrogen-bond donors (Lipinski definition) is 1. The first-order chi connectivity index (χ1) is 17.9. The number of rotatable bonds is 10. The third kappa shape index (κ3) is 7.27. The summed E-state index contributed by atoms with van der Waals surface area (Å²) < 4.78 is 5.90. The van der Waals surface area contributed by atoms with Gasteiger partial charge in [0.2, 0.25) is 5.91 Å². The van der Waals surface area contributed by atoms with Gasteiger partial charge in [0.1, 0.15) is 11.8 Å². The molecule has 2 amide bonds. The Morgan fingerprint density at radius 1 is 0.946 bits per heavy atom. The van der Waals surface area contributed by atoms with E-state index < -0.39 is 6.04 Å². The van der Waals surface area contributed by atoms with Crippen LogP contribution in [-0.2, 0) is 22.6 Å². The summed E-state index contributed by atoms with van der Waals surface area (Å²) in [6.07, 6.45) is 4.44. The quantitative estimate of drug-likeness (QED) is 0.325. The molecular weight excluding hydrogens is 507 g/mol. The van der Waals surface area contributed by atoms with Crippen LogP contribution in [-0.4, -0.2) is 35.4 Å². The topological polar surface area (TPSA) is 58.6 Å². The van der Waals surface area contributed by atoms with E-state index in [4.69, 9.17) is 27.9 Å². The normalized spacial score (nSPS) is 14.2. The molecule has 1 atom stereocenters. The third-order valence-corrected chi connectivity index (χ3v) is 7.52. The molecule has 1 fully saturated rings. The number of hydrogen-bond acceptors (Lipinski definition) is 3. The van der Waals surface area contributed by atoms with Crippen molar-refractivity contribution in [3.8, 4) is 5.75 Å². The predicted molar refractivity (Wildman–Crippen MR) is 148 cm³/mol. The highest BCUT2D eigenvalue weighted by atomic mass is 35.5. The first-order valence-electron chi connectivity index (χ1n) is 12.7. The van der Waals surface area contributed by atoms with Gasteiger partial charge < -0.3 is 15.0 Å². The van der Waals surface area contributed by atoms with Crippen LogP contribution < -0.4 is 10.1 Å². The second kappa shape index (κ2) is 13.0. The van der Waals surface area contributed by atoms with Crippen LogP contribution in [0, 0.1) is 6.92 Å². The Hall–Kier alpha value is -3.02. The number of nitrogens with zero attached hydrogens (tertiary/aromatic N) is 1. The van der Waals surface area contributed by atoms with Gasteiger partial charge in [0, 0.05) is 34.6 Å². The zero-order valence-corrected chi connectivity index (χ0v) is 22.5. The molecule has 3 aromatic rings. The SMILES string of the molecule is Cc1ccccc1OCC(=O)N(Cc1c(Cl)cccc1Cl)[C@@H](Cc1ccccc1)C(=O)NC1CCCC1. The van der Waals surface area contributed by atoms with Crippen LogP contribution in [0.1, 0.15) is 42.4 Å². The van der Waals surface area contributed by atoms with Gasteiger partial charge >= 0.3 is 0 Å². The number of halogens is 2. The summed E-state index contributed by atoms with van der Waals surface area (Å²) in [5.74, 6) is 0.131. The molecule has 1 aliphatic rings. The lowest BCUT2D eigenvalue weighted by Gasteiger charge is -2.32. The zero-order chi connectivity index (χ0) is 26.2. The fourth-order valence-corrected chi connectivity index (χ4v) is 5.23. The van der Waals surface area contributed by atoms with E-state index in [-0.39, 0.29) is 31.0 Å². The molecule has 1 N–H and O–H groups in total. The van der Waals surface area contributed by atoms with Crippen LogP contribution in [0.3, 0.4) is 0 Å². The predicted octanol–water partition coefficient (Wildman–Crippen LogP) is 6.38. The first-order valence-corrected chi connectivity index (χ1v) is 13.4. The molecule has 37 heavy (non-hydrogen) atoms. The van der Waals surface area contributed by atoms with Gasteiger partial charge in [0.25, 0.3) is 5.91 Å². The summed E-state index contributed by atoms with van der Waals surface area (Å²) in [4.78, 5) is 29.0. The van der Waals surface area contributed by atoms with Gasteiger partial charge in [-0.15, -0.1) is 0 Å². The summed E-state index contributed by atoms with van der Waals surface area (Å²) in [6, 6.07) is 21.8. The fraction of sp³-hybridized carbons (Fsp3) is 0.333.